The van der Waals surface area contributed by atoms with Gasteiger partial charge < -0.3 is 21.1 Å². The smallest absolute Gasteiger partial charge is 0.399 e. The van der Waals surface area contributed by atoms with Gasteiger partial charge in [-0.25, -0.2) is 0 Å². The third-order valence-electron chi connectivity index (χ3n) is 3.10. The largest absolute Gasteiger partial charge is 0.471 e. The van der Waals surface area contributed by atoms with Crippen molar-refractivity contribution >= 4 is 28.5 Å². The van der Waals surface area contributed by atoms with Gasteiger partial charge >= 0.3 is 12.1 Å². The Labute approximate surface area is 128 Å². The van der Waals surface area contributed by atoms with Crippen molar-refractivity contribution in [3.63, 3.8) is 0 Å². The van der Waals surface area contributed by atoms with Crippen LogP contribution < -0.4 is 11.1 Å². The lowest BCUT2D eigenvalue weighted by Crippen LogP contribution is -2.59. The first-order valence-electron chi connectivity index (χ1n) is 5.93. The minimum absolute atomic E-state index is 0.0519. The number of likely N-dealkylation sites (tertiary alicyclic amines) is 1. The van der Waals surface area contributed by atoms with Gasteiger partial charge in [0.15, 0.2) is 0 Å². The fourth-order valence-electron chi connectivity index (χ4n) is 2.37. The number of amides is 1. The van der Waals surface area contributed by atoms with Gasteiger partial charge in [-0.1, -0.05) is 0 Å². The molecule has 1 saturated heterocycles. The van der Waals surface area contributed by atoms with Crippen molar-refractivity contribution < 1.29 is 23.1 Å². The number of carbonyl (C=O) groups excluding carboxylic acids is 1. The summed E-state index contributed by atoms with van der Waals surface area (Å²) in [5.41, 5.74) is 5.81. The second-order valence-electron chi connectivity index (χ2n) is 4.83. The zero-order valence-electron chi connectivity index (χ0n) is 11.0. The van der Waals surface area contributed by atoms with Crippen molar-refractivity contribution in [2.24, 2.45) is 5.73 Å². The highest BCUT2D eigenvalue weighted by Gasteiger charge is 2.51. The molecule has 0 saturated carbocycles. The van der Waals surface area contributed by atoms with Gasteiger partial charge in [-0.15, -0.1) is 0 Å². The van der Waals surface area contributed by atoms with E-state index in [1.807, 2.05) is 0 Å². The summed E-state index contributed by atoms with van der Waals surface area (Å²) < 4.78 is 36.9. The van der Waals surface area contributed by atoms with Gasteiger partial charge in [0.2, 0.25) is 0 Å². The van der Waals surface area contributed by atoms with Gasteiger partial charge in [0, 0.05) is 37.8 Å². The van der Waals surface area contributed by atoms with Crippen LogP contribution in [0.1, 0.15) is 19.8 Å². The molecule has 116 valence electrons. The van der Waals surface area contributed by atoms with Crippen LogP contribution in [0, 0.1) is 0 Å². The first-order valence-corrected chi connectivity index (χ1v) is 7.01. The highest BCUT2D eigenvalue weighted by molar-refractivity contribution is 14.1. The van der Waals surface area contributed by atoms with E-state index in [0.717, 1.165) is 0 Å². The van der Waals surface area contributed by atoms with E-state index >= 15 is 0 Å². The molecule has 1 rings (SSSR count). The van der Waals surface area contributed by atoms with E-state index in [-0.39, 0.29) is 18.5 Å². The molecule has 20 heavy (non-hydrogen) atoms. The topological polar surface area (TPSA) is 78.6 Å². The SMILES string of the molecule is CN/C=C(\N)C1CC(O)(I)CC(C)N1C(=O)C(F)(F)F. The van der Waals surface area contributed by atoms with Gasteiger partial charge in [-0.2, -0.15) is 13.2 Å². The van der Waals surface area contributed by atoms with Crippen LogP contribution in [0.5, 0.6) is 0 Å². The number of nitrogens with two attached hydrogens (primary N) is 1. The summed E-state index contributed by atoms with van der Waals surface area (Å²) in [4.78, 5) is 12.3. The highest BCUT2D eigenvalue weighted by Crippen LogP contribution is 2.39. The molecule has 0 spiro atoms. The molecule has 1 amide bonds. The van der Waals surface area contributed by atoms with E-state index in [1.165, 1.54) is 13.1 Å². The summed E-state index contributed by atoms with van der Waals surface area (Å²) in [6, 6.07) is -1.77. The van der Waals surface area contributed by atoms with Gasteiger partial charge in [0.05, 0.1) is 6.04 Å². The monoisotopic (exact) mass is 407 g/mol. The zero-order valence-corrected chi connectivity index (χ0v) is 13.2. The molecule has 3 unspecified atom stereocenters. The molecule has 9 heteroatoms. The molecular weight excluding hydrogens is 390 g/mol. The lowest BCUT2D eigenvalue weighted by atomic mass is 9.92. The predicted octanol–water partition coefficient (Wildman–Crippen LogP) is 1.07. The summed E-state index contributed by atoms with van der Waals surface area (Å²) >= 11 is 1.77. The Kier molecular flexibility index (Phi) is 5.17. The molecule has 1 aliphatic rings. The summed E-state index contributed by atoms with van der Waals surface area (Å²) in [6.45, 7) is 1.46. The van der Waals surface area contributed by atoms with E-state index in [4.69, 9.17) is 5.73 Å². The van der Waals surface area contributed by atoms with Crippen molar-refractivity contribution in [2.45, 2.75) is 41.6 Å². The molecule has 0 aromatic heterocycles. The van der Waals surface area contributed by atoms with Gasteiger partial charge in [-0.05, 0) is 29.5 Å². The number of halogens is 4. The molecule has 1 aliphatic heterocycles. The second kappa shape index (κ2) is 5.96. The number of rotatable bonds is 2. The van der Waals surface area contributed by atoms with Crippen molar-refractivity contribution in [2.75, 3.05) is 7.05 Å². The van der Waals surface area contributed by atoms with Gasteiger partial charge in [0.25, 0.3) is 0 Å². The Bertz CT molecular complexity index is 412. The van der Waals surface area contributed by atoms with Crippen molar-refractivity contribution in [1.29, 1.82) is 0 Å². The Morgan fingerprint density at radius 2 is 2.10 bits per heavy atom. The van der Waals surface area contributed by atoms with Crippen LogP contribution >= 0.6 is 22.6 Å². The fraction of sp³-hybridized carbons (Fsp3) is 0.727. The lowest BCUT2D eigenvalue weighted by Gasteiger charge is -2.46. The van der Waals surface area contributed by atoms with Crippen LogP contribution in [-0.4, -0.2) is 44.8 Å². The molecule has 3 atom stereocenters. The first-order chi connectivity index (χ1) is 8.99. The number of hydrogen-bond acceptors (Lipinski definition) is 4. The number of hydrogen-bond donors (Lipinski definition) is 3. The van der Waals surface area contributed by atoms with Crippen LogP contribution in [0.3, 0.4) is 0 Å². The maximum absolute atomic E-state index is 12.7. The number of carbonyl (C=O) groups is 1. The highest BCUT2D eigenvalue weighted by atomic mass is 127. The Hall–Kier alpha value is -0.710. The molecule has 0 aliphatic carbocycles. The van der Waals surface area contributed by atoms with Gasteiger partial charge in [-0.3, -0.25) is 4.79 Å². The number of alkyl halides is 4. The van der Waals surface area contributed by atoms with Gasteiger partial charge in [0.1, 0.15) is 3.61 Å². The third kappa shape index (κ3) is 3.90. The lowest BCUT2D eigenvalue weighted by molar-refractivity contribution is -0.193. The third-order valence-corrected chi connectivity index (χ3v) is 3.98. The average molecular weight is 407 g/mol. The summed E-state index contributed by atoms with van der Waals surface area (Å²) in [5, 5.41) is 12.7. The van der Waals surface area contributed by atoms with Crippen LogP contribution in [-0.2, 0) is 4.79 Å². The van der Waals surface area contributed by atoms with E-state index in [0.29, 0.717) is 4.90 Å². The predicted molar refractivity (Wildman–Crippen MR) is 75.7 cm³/mol. The number of aliphatic hydroxyl groups is 1. The minimum atomic E-state index is -4.97. The molecular formula is C11H17F3IN3O2. The summed E-state index contributed by atoms with van der Waals surface area (Å²) in [6.07, 6.45) is -3.64. The molecule has 0 aromatic rings. The van der Waals surface area contributed by atoms with Crippen molar-refractivity contribution in [3.8, 4) is 0 Å². The molecule has 5 nitrogen and oxygen atoms in total. The molecule has 1 heterocycles. The van der Waals surface area contributed by atoms with Crippen molar-refractivity contribution in [3.05, 3.63) is 11.9 Å². The van der Waals surface area contributed by atoms with E-state index < -0.39 is 27.8 Å². The maximum atomic E-state index is 12.7. The molecule has 4 N–H and O–H groups in total. The molecule has 0 radical (unpaired) electrons. The number of nitrogens with zero attached hydrogens (tertiary/aromatic N) is 1. The van der Waals surface area contributed by atoms with E-state index in [1.54, 1.807) is 29.6 Å². The van der Waals surface area contributed by atoms with E-state index in [9.17, 15) is 23.1 Å². The average Bonchev–Trinajstić information content (AvgIpc) is 2.25. The Morgan fingerprint density at radius 3 is 2.55 bits per heavy atom. The van der Waals surface area contributed by atoms with Crippen LogP contribution in [0.2, 0.25) is 0 Å². The first kappa shape index (κ1) is 17.3. The minimum Gasteiger partial charge on any atom is -0.399 e. The molecule has 0 aromatic carbocycles. The van der Waals surface area contributed by atoms with Crippen LogP contribution in [0.25, 0.3) is 0 Å². The van der Waals surface area contributed by atoms with Crippen molar-refractivity contribution in [1.82, 2.24) is 10.2 Å². The number of nitrogens with one attached hydrogen (secondary N) is 1. The molecule has 0 bridgehead atoms. The van der Waals surface area contributed by atoms with Crippen LogP contribution in [0.15, 0.2) is 11.9 Å². The zero-order chi connectivity index (χ0) is 15.7. The normalized spacial score (nSPS) is 32.1. The summed E-state index contributed by atoms with van der Waals surface area (Å²) in [7, 11) is 1.55. The van der Waals surface area contributed by atoms with E-state index in [2.05, 4.69) is 5.32 Å². The van der Waals surface area contributed by atoms with Crippen LogP contribution in [0.4, 0.5) is 13.2 Å². The maximum Gasteiger partial charge on any atom is 0.471 e. The standard InChI is InChI=1S/C11H17F3IN3O2/c1-6-3-10(15,20)4-8(7(16)5-17-2)18(6)9(19)11(12,13)14/h5-6,8,17,20H,3-4,16H2,1-2H3/b7-5-. The quantitative estimate of drug-likeness (QED) is 0.473. The number of piperidine rings is 1. The Balaban J connectivity index is 3.16. The fourth-order valence-corrected chi connectivity index (χ4v) is 3.42. The summed E-state index contributed by atoms with van der Waals surface area (Å²) in [5.74, 6) is -1.94. The Morgan fingerprint density at radius 1 is 1.55 bits per heavy atom. The molecule has 1 fully saturated rings. The second-order valence-corrected chi connectivity index (χ2v) is 6.84.